The minimum atomic E-state index is 0.659. The van der Waals surface area contributed by atoms with E-state index in [1.165, 1.54) is 0 Å². The van der Waals surface area contributed by atoms with Crippen LogP contribution in [0.4, 0.5) is 0 Å². The van der Waals surface area contributed by atoms with Crippen molar-refractivity contribution in [1.29, 1.82) is 0 Å². The van der Waals surface area contributed by atoms with Gasteiger partial charge in [0, 0.05) is 17.6 Å². The normalized spacial score (nSPS) is 11.7. The second kappa shape index (κ2) is 6.30. The molecule has 0 unspecified atom stereocenters. The monoisotopic (exact) mass is 273 g/mol. The average Bonchev–Trinajstić information content (AvgIpc) is 2.45. The Bertz CT molecular complexity index is 578. The summed E-state index contributed by atoms with van der Waals surface area (Å²) >= 11 is 5.98. The zero-order valence-electron chi connectivity index (χ0n) is 11.0. The Kier molecular flexibility index (Phi) is 4.48. The lowest BCUT2D eigenvalue weighted by atomic mass is 10.1. The first kappa shape index (κ1) is 13.5. The maximum atomic E-state index is 5.98. The fraction of sp³-hybridized carbons (Fsp3) is 0.125. The molecule has 98 valence electrons. The van der Waals surface area contributed by atoms with E-state index in [0.29, 0.717) is 5.02 Å². The fourth-order valence-electron chi connectivity index (χ4n) is 1.70. The average molecular weight is 274 g/mol. The largest absolute Gasteiger partial charge is 0.455 e. The summed E-state index contributed by atoms with van der Waals surface area (Å²) < 4.78 is 5.97. The lowest BCUT2D eigenvalue weighted by Crippen LogP contribution is -2.09. The molecular formula is C16H16ClNO. The maximum Gasteiger partial charge on any atom is 0.153 e. The van der Waals surface area contributed by atoms with Crippen LogP contribution in [-0.4, -0.2) is 7.05 Å². The first-order valence-corrected chi connectivity index (χ1v) is 6.46. The van der Waals surface area contributed by atoms with Gasteiger partial charge in [-0.2, -0.15) is 0 Å². The van der Waals surface area contributed by atoms with Gasteiger partial charge in [-0.15, -0.1) is 0 Å². The van der Waals surface area contributed by atoms with Crippen LogP contribution in [0.5, 0.6) is 5.75 Å². The Morgan fingerprint density at radius 2 is 1.79 bits per heavy atom. The molecule has 0 bridgehead atoms. The zero-order valence-corrected chi connectivity index (χ0v) is 11.7. The smallest absolute Gasteiger partial charge is 0.153 e. The van der Waals surface area contributed by atoms with E-state index >= 15 is 0 Å². The molecule has 0 atom stereocenters. The molecule has 0 aromatic heterocycles. The number of halogens is 1. The van der Waals surface area contributed by atoms with Crippen molar-refractivity contribution in [3.63, 3.8) is 0 Å². The molecule has 0 heterocycles. The van der Waals surface area contributed by atoms with Crippen molar-refractivity contribution in [3.8, 4) is 5.75 Å². The fourth-order valence-corrected chi connectivity index (χ4v) is 1.88. The van der Waals surface area contributed by atoms with Crippen LogP contribution in [0.25, 0.3) is 5.76 Å². The van der Waals surface area contributed by atoms with Crippen molar-refractivity contribution < 1.29 is 4.74 Å². The molecule has 3 heteroatoms. The summed E-state index contributed by atoms with van der Waals surface area (Å²) in [6, 6.07) is 17.4. The van der Waals surface area contributed by atoms with Crippen molar-refractivity contribution >= 4 is 17.4 Å². The Hall–Kier alpha value is -1.93. The highest BCUT2D eigenvalue weighted by Gasteiger charge is 2.08. The van der Waals surface area contributed by atoms with Gasteiger partial charge in [0.25, 0.3) is 0 Å². The zero-order chi connectivity index (χ0) is 13.7. The molecule has 0 saturated heterocycles. The molecular weight excluding hydrogens is 258 g/mol. The molecule has 0 aliphatic rings. The Balaban J connectivity index is 2.36. The van der Waals surface area contributed by atoms with Crippen molar-refractivity contribution in [2.24, 2.45) is 0 Å². The lowest BCUT2D eigenvalue weighted by Gasteiger charge is -2.14. The summed E-state index contributed by atoms with van der Waals surface area (Å²) in [5.41, 5.74) is 1.99. The minimum absolute atomic E-state index is 0.659. The number of nitrogens with one attached hydrogen (secondary N) is 1. The number of rotatable bonds is 4. The van der Waals surface area contributed by atoms with Gasteiger partial charge >= 0.3 is 0 Å². The van der Waals surface area contributed by atoms with Crippen LogP contribution >= 0.6 is 11.6 Å². The van der Waals surface area contributed by atoms with Gasteiger partial charge in [-0.05, 0) is 25.1 Å². The highest BCUT2D eigenvalue weighted by atomic mass is 35.5. The molecule has 2 rings (SSSR count). The van der Waals surface area contributed by atoms with Crippen LogP contribution in [0.3, 0.4) is 0 Å². The number of ether oxygens (including phenoxy) is 1. The summed E-state index contributed by atoms with van der Waals surface area (Å²) in [7, 11) is 1.87. The van der Waals surface area contributed by atoms with Crippen molar-refractivity contribution in [2.75, 3.05) is 7.05 Å². The summed E-state index contributed by atoms with van der Waals surface area (Å²) in [4.78, 5) is 0. The highest BCUT2D eigenvalue weighted by molar-refractivity contribution is 6.30. The van der Waals surface area contributed by atoms with E-state index in [1.807, 2.05) is 62.5 Å². The third-order valence-electron chi connectivity index (χ3n) is 2.77. The third kappa shape index (κ3) is 3.52. The van der Waals surface area contributed by atoms with E-state index in [-0.39, 0.29) is 0 Å². The Labute approximate surface area is 118 Å². The molecule has 2 aromatic carbocycles. The number of hydrogen-bond donors (Lipinski definition) is 1. The predicted octanol–water partition coefficient (Wildman–Crippen LogP) is 4.33. The molecule has 2 nitrogen and oxygen atoms in total. The molecule has 0 aliphatic carbocycles. The van der Waals surface area contributed by atoms with E-state index in [2.05, 4.69) is 5.32 Å². The molecule has 0 radical (unpaired) electrons. The van der Waals surface area contributed by atoms with Gasteiger partial charge in [-0.1, -0.05) is 48.0 Å². The molecule has 0 saturated carbocycles. The van der Waals surface area contributed by atoms with Crippen molar-refractivity contribution in [1.82, 2.24) is 5.32 Å². The van der Waals surface area contributed by atoms with E-state index in [0.717, 1.165) is 22.8 Å². The molecule has 1 N–H and O–H groups in total. The highest BCUT2D eigenvalue weighted by Crippen LogP contribution is 2.25. The second-order valence-electron chi connectivity index (χ2n) is 4.13. The van der Waals surface area contributed by atoms with Crippen LogP contribution in [-0.2, 0) is 0 Å². The van der Waals surface area contributed by atoms with E-state index in [9.17, 15) is 0 Å². The topological polar surface area (TPSA) is 21.3 Å². The van der Waals surface area contributed by atoms with Crippen LogP contribution < -0.4 is 10.1 Å². The standard InChI is InChI=1S/C16H16ClNO/c1-12(18-2)16(13-7-4-3-5-8-13)19-15-10-6-9-14(17)11-15/h3-11,18H,1-2H3. The summed E-state index contributed by atoms with van der Waals surface area (Å²) in [6.45, 7) is 1.98. The number of allylic oxidation sites excluding steroid dienone is 1. The van der Waals surface area contributed by atoms with Crippen molar-refractivity contribution in [2.45, 2.75) is 6.92 Å². The Morgan fingerprint density at radius 3 is 2.42 bits per heavy atom. The molecule has 0 fully saturated rings. The molecule has 19 heavy (non-hydrogen) atoms. The molecule has 0 spiro atoms. The van der Waals surface area contributed by atoms with Gasteiger partial charge in [0.1, 0.15) is 5.75 Å². The second-order valence-corrected chi connectivity index (χ2v) is 4.57. The SMILES string of the molecule is CNC(C)=C(Oc1cccc(Cl)c1)c1ccccc1. The lowest BCUT2D eigenvalue weighted by molar-refractivity contribution is 0.506. The van der Waals surface area contributed by atoms with E-state index in [4.69, 9.17) is 16.3 Å². The van der Waals surface area contributed by atoms with Crippen LogP contribution in [0.15, 0.2) is 60.3 Å². The number of benzene rings is 2. The predicted molar refractivity (Wildman–Crippen MR) is 80.2 cm³/mol. The van der Waals surface area contributed by atoms with Gasteiger partial charge in [-0.3, -0.25) is 0 Å². The van der Waals surface area contributed by atoms with Gasteiger partial charge in [0.2, 0.25) is 0 Å². The van der Waals surface area contributed by atoms with E-state index in [1.54, 1.807) is 6.07 Å². The summed E-state index contributed by atoms with van der Waals surface area (Å²) in [6.07, 6.45) is 0. The first-order chi connectivity index (χ1) is 9.20. The van der Waals surface area contributed by atoms with Crippen LogP contribution in [0, 0.1) is 0 Å². The van der Waals surface area contributed by atoms with E-state index < -0.39 is 0 Å². The molecule has 2 aromatic rings. The van der Waals surface area contributed by atoms with Gasteiger partial charge in [0.15, 0.2) is 5.76 Å². The van der Waals surface area contributed by atoms with Crippen molar-refractivity contribution in [3.05, 3.63) is 70.9 Å². The van der Waals surface area contributed by atoms with Gasteiger partial charge in [-0.25, -0.2) is 0 Å². The number of hydrogen-bond acceptors (Lipinski definition) is 2. The quantitative estimate of drug-likeness (QED) is 0.838. The van der Waals surface area contributed by atoms with Gasteiger partial charge in [0.05, 0.1) is 5.70 Å². The first-order valence-electron chi connectivity index (χ1n) is 6.08. The molecule has 0 aliphatic heterocycles. The third-order valence-corrected chi connectivity index (χ3v) is 3.00. The maximum absolute atomic E-state index is 5.98. The minimum Gasteiger partial charge on any atom is -0.455 e. The molecule has 0 amide bonds. The van der Waals surface area contributed by atoms with Crippen LogP contribution in [0.1, 0.15) is 12.5 Å². The summed E-state index contributed by atoms with van der Waals surface area (Å²) in [5, 5.41) is 3.78. The van der Waals surface area contributed by atoms with Gasteiger partial charge < -0.3 is 10.1 Å². The van der Waals surface area contributed by atoms with Crippen LogP contribution in [0.2, 0.25) is 5.02 Å². The summed E-state index contributed by atoms with van der Waals surface area (Å²) in [5.74, 6) is 1.52. The Morgan fingerprint density at radius 1 is 1.05 bits per heavy atom.